The average Bonchev–Trinajstić information content (AvgIpc) is 2.84. The van der Waals surface area contributed by atoms with E-state index in [0.717, 1.165) is 38.3 Å². The molecule has 0 radical (unpaired) electrons. The predicted octanol–water partition coefficient (Wildman–Crippen LogP) is 3.09. The lowest BCUT2D eigenvalue weighted by atomic mass is 10.00. The molecule has 1 saturated heterocycles. The maximum absolute atomic E-state index is 10.9. The third-order valence-corrected chi connectivity index (χ3v) is 4.27. The second-order valence-electron chi connectivity index (χ2n) is 5.75. The average molecular weight is 287 g/mol. The summed E-state index contributed by atoms with van der Waals surface area (Å²) in [4.78, 5) is 10.9. The maximum atomic E-state index is 10.9. The van der Waals surface area contributed by atoms with Gasteiger partial charge in [0.15, 0.2) is 0 Å². The SMILES string of the molecule is O=C(O)CCc1cc2ccccc2n1CC1CCOCC1. The Bertz CT molecular complexity index is 626. The Labute approximate surface area is 124 Å². The van der Waals surface area contributed by atoms with Crippen molar-refractivity contribution in [3.05, 3.63) is 36.0 Å². The van der Waals surface area contributed by atoms with Crippen LogP contribution in [0.15, 0.2) is 30.3 Å². The van der Waals surface area contributed by atoms with Crippen molar-refractivity contribution in [1.82, 2.24) is 4.57 Å². The van der Waals surface area contributed by atoms with E-state index >= 15 is 0 Å². The molecular formula is C17H21NO3. The molecule has 3 rings (SSSR count). The van der Waals surface area contributed by atoms with Gasteiger partial charge in [0.2, 0.25) is 0 Å². The summed E-state index contributed by atoms with van der Waals surface area (Å²) in [7, 11) is 0. The van der Waals surface area contributed by atoms with Gasteiger partial charge >= 0.3 is 5.97 Å². The molecule has 2 aromatic rings. The van der Waals surface area contributed by atoms with Gasteiger partial charge in [-0.25, -0.2) is 0 Å². The molecule has 0 aliphatic carbocycles. The molecule has 0 bridgehead atoms. The fraction of sp³-hybridized carbons (Fsp3) is 0.471. The number of hydrogen-bond donors (Lipinski definition) is 1. The first-order valence-corrected chi connectivity index (χ1v) is 7.61. The molecule has 1 aliphatic rings. The van der Waals surface area contributed by atoms with E-state index in [2.05, 4.69) is 22.8 Å². The summed E-state index contributed by atoms with van der Waals surface area (Å²) in [6.45, 7) is 2.65. The molecule has 112 valence electrons. The minimum atomic E-state index is -0.738. The lowest BCUT2D eigenvalue weighted by Crippen LogP contribution is -2.21. The van der Waals surface area contributed by atoms with E-state index in [1.165, 1.54) is 10.9 Å². The molecule has 1 fully saturated rings. The maximum Gasteiger partial charge on any atom is 0.303 e. The van der Waals surface area contributed by atoms with Crippen molar-refractivity contribution >= 4 is 16.9 Å². The van der Waals surface area contributed by atoms with Crippen molar-refractivity contribution in [3.8, 4) is 0 Å². The number of rotatable bonds is 5. The normalized spacial score (nSPS) is 16.4. The van der Waals surface area contributed by atoms with Gasteiger partial charge in [-0.15, -0.1) is 0 Å². The molecule has 0 saturated carbocycles. The van der Waals surface area contributed by atoms with E-state index in [1.54, 1.807) is 0 Å². The number of benzene rings is 1. The van der Waals surface area contributed by atoms with Crippen molar-refractivity contribution in [2.24, 2.45) is 5.92 Å². The summed E-state index contributed by atoms with van der Waals surface area (Å²) in [6, 6.07) is 10.4. The highest BCUT2D eigenvalue weighted by Gasteiger charge is 2.17. The van der Waals surface area contributed by atoms with Crippen molar-refractivity contribution in [2.75, 3.05) is 13.2 Å². The Balaban J connectivity index is 1.88. The van der Waals surface area contributed by atoms with Crippen LogP contribution in [0.25, 0.3) is 10.9 Å². The van der Waals surface area contributed by atoms with Gasteiger partial charge in [-0.2, -0.15) is 0 Å². The summed E-state index contributed by atoms with van der Waals surface area (Å²) in [5.41, 5.74) is 2.34. The summed E-state index contributed by atoms with van der Waals surface area (Å²) >= 11 is 0. The summed E-state index contributed by atoms with van der Waals surface area (Å²) in [5.74, 6) is -0.115. The fourth-order valence-electron chi connectivity index (χ4n) is 3.11. The van der Waals surface area contributed by atoms with Gasteiger partial charge in [0, 0.05) is 31.0 Å². The van der Waals surface area contributed by atoms with Gasteiger partial charge in [0.05, 0.1) is 6.42 Å². The number of hydrogen-bond acceptors (Lipinski definition) is 2. The molecule has 21 heavy (non-hydrogen) atoms. The zero-order valence-corrected chi connectivity index (χ0v) is 12.1. The van der Waals surface area contributed by atoms with Crippen LogP contribution in [-0.2, 0) is 22.5 Å². The molecule has 4 nitrogen and oxygen atoms in total. The van der Waals surface area contributed by atoms with Crippen LogP contribution in [0.1, 0.15) is 25.0 Å². The molecule has 0 amide bonds. The van der Waals surface area contributed by atoms with Crippen LogP contribution in [-0.4, -0.2) is 28.9 Å². The first-order chi connectivity index (χ1) is 10.2. The third-order valence-electron chi connectivity index (χ3n) is 4.27. The van der Waals surface area contributed by atoms with Gasteiger partial charge in [0.25, 0.3) is 0 Å². The predicted molar refractivity (Wildman–Crippen MR) is 81.4 cm³/mol. The van der Waals surface area contributed by atoms with Crippen molar-refractivity contribution in [1.29, 1.82) is 0 Å². The molecule has 0 unspecified atom stereocenters. The van der Waals surface area contributed by atoms with Gasteiger partial charge in [-0.3, -0.25) is 4.79 Å². The number of ether oxygens (including phenoxy) is 1. The largest absolute Gasteiger partial charge is 0.481 e. The van der Waals surface area contributed by atoms with Crippen LogP contribution in [0.5, 0.6) is 0 Å². The van der Waals surface area contributed by atoms with E-state index < -0.39 is 5.97 Å². The number of fused-ring (bicyclic) bond motifs is 1. The Kier molecular flexibility index (Phi) is 4.25. The summed E-state index contributed by atoms with van der Waals surface area (Å²) < 4.78 is 7.74. The first kappa shape index (κ1) is 14.1. The smallest absolute Gasteiger partial charge is 0.303 e. The van der Waals surface area contributed by atoms with E-state index in [9.17, 15) is 4.79 Å². The van der Waals surface area contributed by atoms with Crippen LogP contribution in [0.3, 0.4) is 0 Å². The van der Waals surface area contributed by atoms with Crippen LogP contribution < -0.4 is 0 Å². The minimum absolute atomic E-state index is 0.185. The van der Waals surface area contributed by atoms with Gasteiger partial charge in [0.1, 0.15) is 0 Å². The highest BCUT2D eigenvalue weighted by Crippen LogP contribution is 2.25. The van der Waals surface area contributed by atoms with Gasteiger partial charge in [-0.1, -0.05) is 18.2 Å². The highest BCUT2D eigenvalue weighted by atomic mass is 16.5. The Hall–Kier alpha value is -1.81. The van der Waals surface area contributed by atoms with Gasteiger partial charge in [-0.05, 0) is 42.7 Å². The number of para-hydroxylation sites is 1. The number of nitrogens with zero attached hydrogens (tertiary/aromatic N) is 1. The van der Waals surface area contributed by atoms with E-state index in [1.807, 2.05) is 12.1 Å². The second kappa shape index (κ2) is 6.31. The van der Waals surface area contributed by atoms with Crippen LogP contribution in [0.4, 0.5) is 0 Å². The quantitative estimate of drug-likeness (QED) is 0.919. The molecule has 1 aromatic heterocycles. The molecule has 1 aliphatic heterocycles. The van der Waals surface area contributed by atoms with Crippen molar-refractivity contribution in [3.63, 3.8) is 0 Å². The zero-order valence-electron chi connectivity index (χ0n) is 12.1. The molecule has 0 spiro atoms. The molecule has 1 aromatic carbocycles. The standard InChI is InChI=1S/C17H21NO3/c19-17(20)6-5-15-11-14-3-1-2-4-16(14)18(15)12-13-7-9-21-10-8-13/h1-4,11,13H,5-10,12H2,(H,19,20). The number of aromatic nitrogens is 1. The Morgan fingerprint density at radius 3 is 2.81 bits per heavy atom. The van der Waals surface area contributed by atoms with E-state index in [0.29, 0.717) is 12.3 Å². The lowest BCUT2D eigenvalue weighted by molar-refractivity contribution is -0.136. The molecule has 1 N–H and O–H groups in total. The Morgan fingerprint density at radius 2 is 2.05 bits per heavy atom. The molecule has 4 heteroatoms. The number of aliphatic carboxylic acids is 1. The zero-order chi connectivity index (χ0) is 14.7. The molecule has 0 atom stereocenters. The summed E-state index contributed by atoms with van der Waals surface area (Å²) in [5, 5.41) is 10.1. The van der Waals surface area contributed by atoms with Crippen molar-refractivity contribution in [2.45, 2.75) is 32.2 Å². The number of carboxylic acid groups (broad SMARTS) is 1. The first-order valence-electron chi connectivity index (χ1n) is 7.61. The monoisotopic (exact) mass is 287 g/mol. The number of carbonyl (C=O) groups is 1. The third kappa shape index (κ3) is 3.27. The summed E-state index contributed by atoms with van der Waals surface area (Å²) in [6.07, 6.45) is 2.95. The van der Waals surface area contributed by atoms with Crippen molar-refractivity contribution < 1.29 is 14.6 Å². The number of carboxylic acids is 1. The fourth-order valence-corrected chi connectivity index (χ4v) is 3.11. The minimum Gasteiger partial charge on any atom is -0.481 e. The Morgan fingerprint density at radius 1 is 1.29 bits per heavy atom. The second-order valence-corrected chi connectivity index (χ2v) is 5.75. The van der Waals surface area contributed by atoms with Crippen LogP contribution in [0.2, 0.25) is 0 Å². The lowest BCUT2D eigenvalue weighted by Gasteiger charge is -2.24. The number of aryl methyl sites for hydroxylation is 1. The van der Waals surface area contributed by atoms with E-state index in [-0.39, 0.29) is 6.42 Å². The molecule has 2 heterocycles. The topological polar surface area (TPSA) is 51.5 Å². The highest BCUT2D eigenvalue weighted by molar-refractivity contribution is 5.81. The van der Waals surface area contributed by atoms with Crippen LogP contribution in [0, 0.1) is 5.92 Å². The molecular weight excluding hydrogens is 266 g/mol. The van der Waals surface area contributed by atoms with Crippen LogP contribution >= 0.6 is 0 Å². The van der Waals surface area contributed by atoms with Gasteiger partial charge < -0.3 is 14.4 Å². The van der Waals surface area contributed by atoms with E-state index in [4.69, 9.17) is 9.84 Å².